The number of ether oxygens (including phenoxy) is 2. The van der Waals surface area contributed by atoms with Crippen molar-refractivity contribution in [1.29, 1.82) is 0 Å². The van der Waals surface area contributed by atoms with Crippen LogP contribution < -0.4 is 10.6 Å². The van der Waals surface area contributed by atoms with Crippen molar-refractivity contribution in [2.24, 2.45) is 4.99 Å². The molecule has 0 saturated carbocycles. The first-order chi connectivity index (χ1) is 12.4. The molecule has 0 amide bonds. The van der Waals surface area contributed by atoms with E-state index in [1.807, 2.05) is 26.0 Å². The van der Waals surface area contributed by atoms with Gasteiger partial charge < -0.3 is 20.1 Å². The van der Waals surface area contributed by atoms with E-state index in [9.17, 15) is 0 Å². The number of rotatable bonds is 7. The Balaban J connectivity index is 0.00000364. The molecule has 0 unspecified atom stereocenters. The summed E-state index contributed by atoms with van der Waals surface area (Å²) in [5.41, 5.74) is 0.968. The van der Waals surface area contributed by atoms with E-state index in [-0.39, 0.29) is 35.0 Å². The SMILES string of the molecule is CCNC(=NCC(C)(C)OC)NCC1(c2cccc(Cl)c2)CCOCC1.I. The van der Waals surface area contributed by atoms with Gasteiger partial charge in [-0.2, -0.15) is 0 Å². The molecule has 5 nitrogen and oxygen atoms in total. The molecule has 0 atom stereocenters. The quantitative estimate of drug-likeness (QED) is 0.332. The van der Waals surface area contributed by atoms with Crippen molar-refractivity contribution >= 4 is 41.5 Å². The number of nitrogens with one attached hydrogen (secondary N) is 2. The standard InChI is InChI=1S/C20H32ClN3O2.HI/c1-5-22-18(23-14-19(2,3)25-4)24-15-20(9-11-26-12-10-20)16-7-6-8-17(21)13-16;/h6-8,13H,5,9-12,14-15H2,1-4H3,(H2,22,23,24);1H. The van der Waals surface area contributed by atoms with E-state index in [4.69, 9.17) is 26.1 Å². The fourth-order valence-corrected chi connectivity index (χ4v) is 3.27. The second-order valence-electron chi connectivity index (χ2n) is 7.42. The highest BCUT2D eigenvalue weighted by molar-refractivity contribution is 14.0. The Hall–Kier alpha value is -0.570. The van der Waals surface area contributed by atoms with E-state index >= 15 is 0 Å². The van der Waals surface area contributed by atoms with Gasteiger partial charge in [-0.3, -0.25) is 4.99 Å². The molecule has 1 fully saturated rings. The lowest BCUT2D eigenvalue weighted by molar-refractivity contribution is 0.0310. The molecule has 1 heterocycles. The van der Waals surface area contributed by atoms with Crippen molar-refractivity contribution in [2.45, 2.75) is 44.6 Å². The third-order valence-corrected chi connectivity index (χ3v) is 5.23. The predicted molar refractivity (Wildman–Crippen MR) is 124 cm³/mol. The van der Waals surface area contributed by atoms with Crippen LogP contribution in [0.4, 0.5) is 0 Å². The van der Waals surface area contributed by atoms with Gasteiger partial charge >= 0.3 is 0 Å². The van der Waals surface area contributed by atoms with Crippen LogP contribution in [0.3, 0.4) is 0 Å². The van der Waals surface area contributed by atoms with E-state index in [0.717, 1.165) is 50.1 Å². The molecule has 1 aromatic rings. The van der Waals surface area contributed by atoms with E-state index in [2.05, 4.69) is 29.7 Å². The van der Waals surface area contributed by atoms with E-state index in [1.165, 1.54) is 5.56 Å². The van der Waals surface area contributed by atoms with Gasteiger partial charge in [0.1, 0.15) is 0 Å². The Labute approximate surface area is 185 Å². The van der Waals surface area contributed by atoms with Crippen LogP contribution in [0.25, 0.3) is 0 Å². The molecule has 0 bridgehead atoms. The number of hydrogen-bond donors (Lipinski definition) is 2. The minimum Gasteiger partial charge on any atom is -0.381 e. The van der Waals surface area contributed by atoms with Crippen molar-refractivity contribution < 1.29 is 9.47 Å². The Bertz CT molecular complexity index is 605. The van der Waals surface area contributed by atoms with Crippen molar-refractivity contribution in [2.75, 3.05) is 40.0 Å². The molecule has 2 N–H and O–H groups in total. The Kier molecular flexibility index (Phi) is 10.4. The maximum atomic E-state index is 6.25. The Morgan fingerprint density at radius 1 is 1.30 bits per heavy atom. The zero-order chi connectivity index (χ0) is 19.0. The first kappa shape index (κ1) is 24.5. The van der Waals surface area contributed by atoms with Crippen molar-refractivity contribution in [3.8, 4) is 0 Å². The molecular formula is C20H33ClIN3O2. The molecule has 1 saturated heterocycles. The average molecular weight is 510 g/mol. The summed E-state index contributed by atoms with van der Waals surface area (Å²) in [6, 6.07) is 8.18. The summed E-state index contributed by atoms with van der Waals surface area (Å²) in [5, 5.41) is 7.63. The largest absolute Gasteiger partial charge is 0.381 e. The first-order valence-corrected chi connectivity index (χ1v) is 9.70. The number of methoxy groups -OCH3 is 1. The van der Waals surface area contributed by atoms with Gasteiger partial charge in [0.15, 0.2) is 5.96 Å². The zero-order valence-electron chi connectivity index (χ0n) is 16.8. The van der Waals surface area contributed by atoms with Crippen molar-refractivity contribution in [1.82, 2.24) is 10.6 Å². The second kappa shape index (κ2) is 11.4. The Morgan fingerprint density at radius 2 is 2.00 bits per heavy atom. The number of aliphatic imine (C=N–C) groups is 1. The number of benzene rings is 1. The summed E-state index contributed by atoms with van der Waals surface area (Å²) in [4.78, 5) is 4.69. The van der Waals surface area contributed by atoms with Gasteiger partial charge in [-0.25, -0.2) is 0 Å². The number of hydrogen-bond acceptors (Lipinski definition) is 3. The van der Waals surface area contributed by atoms with Crippen LogP contribution in [-0.4, -0.2) is 51.5 Å². The van der Waals surface area contributed by atoms with Gasteiger partial charge in [0.2, 0.25) is 0 Å². The van der Waals surface area contributed by atoms with Gasteiger partial charge in [-0.15, -0.1) is 24.0 Å². The lowest BCUT2D eigenvalue weighted by Crippen LogP contribution is -2.48. The highest BCUT2D eigenvalue weighted by Gasteiger charge is 2.34. The molecule has 7 heteroatoms. The van der Waals surface area contributed by atoms with Crippen molar-refractivity contribution in [3.63, 3.8) is 0 Å². The number of guanidine groups is 1. The van der Waals surface area contributed by atoms with E-state index in [1.54, 1.807) is 7.11 Å². The minimum atomic E-state index is -0.286. The normalized spacial score (nSPS) is 17.1. The summed E-state index contributed by atoms with van der Waals surface area (Å²) >= 11 is 6.25. The summed E-state index contributed by atoms with van der Waals surface area (Å²) in [7, 11) is 1.71. The van der Waals surface area contributed by atoms with E-state index in [0.29, 0.717) is 6.54 Å². The molecule has 27 heavy (non-hydrogen) atoms. The maximum Gasteiger partial charge on any atom is 0.191 e. The van der Waals surface area contributed by atoms with Crippen LogP contribution in [0, 0.1) is 0 Å². The molecule has 2 rings (SSSR count). The van der Waals surface area contributed by atoms with Gasteiger partial charge in [0.05, 0.1) is 12.1 Å². The van der Waals surface area contributed by atoms with Crippen LogP contribution in [0.5, 0.6) is 0 Å². The second-order valence-corrected chi connectivity index (χ2v) is 7.85. The summed E-state index contributed by atoms with van der Waals surface area (Å²) in [6.45, 7) is 9.85. The van der Waals surface area contributed by atoms with Gasteiger partial charge in [0.25, 0.3) is 0 Å². The molecule has 0 aromatic heterocycles. The first-order valence-electron chi connectivity index (χ1n) is 9.32. The topological polar surface area (TPSA) is 54.9 Å². The highest BCUT2D eigenvalue weighted by Crippen LogP contribution is 2.35. The smallest absolute Gasteiger partial charge is 0.191 e. The van der Waals surface area contributed by atoms with Crippen LogP contribution in [-0.2, 0) is 14.9 Å². The lowest BCUT2D eigenvalue weighted by atomic mass is 9.74. The molecule has 0 spiro atoms. The molecule has 154 valence electrons. The number of nitrogens with zero attached hydrogens (tertiary/aromatic N) is 1. The molecule has 0 aliphatic carbocycles. The highest BCUT2D eigenvalue weighted by atomic mass is 127. The third kappa shape index (κ3) is 7.40. The van der Waals surface area contributed by atoms with E-state index < -0.39 is 0 Å². The molecule has 1 aliphatic rings. The zero-order valence-corrected chi connectivity index (χ0v) is 19.9. The van der Waals surface area contributed by atoms with Crippen LogP contribution in [0.1, 0.15) is 39.2 Å². The van der Waals surface area contributed by atoms with Crippen LogP contribution in [0.15, 0.2) is 29.3 Å². The molecular weight excluding hydrogens is 477 g/mol. The fourth-order valence-electron chi connectivity index (χ4n) is 3.08. The average Bonchev–Trinajstić information content (AvgIpc) is 2.65. The molecule has 0 radical (unpaired) electrons. The lowest BCUT2D eigenvalue weighted by Gasteiger charge is -2.38. The predicted octanol–water partition coefficient (Wildman–Crippen LogP) is 3.99. The monoisotopic (exact) mass is 509 g/mol. The van der Waals surface area contributed by atoms with Gasteiger partial charge in [-0.05, 0) is 51.3 Å². The van der Waals surface area contributed by atoms with Gasteiger partial charge in [0, 0.05) is 43.9 Å². The molecule has 1 aliphatic heterocycles. The van der Waals surface area contributed by atoms with Gasteiger partial charge in [-0.1, -0.05) is 23.7 Å². The minimum absolute atomic E-state index is 0. The molecule has 1 aromatic carbocycles. The summed E-state index contributed by atoms with van der Waals surface area (Å²) < 4.78 is 11.1. The summed E-state index contributed by atoms with van der Waals surface area (Å²) in [6.07, 6.45) is 1.92. The number of halogens is 2. The summed E-state index contributed by atoms with van der Waals surface area (Å²) in [5.74, 6) is 0.811. The van der Waals surface area contributed by atoms with Crippen LogP contribution in [0.2, 0.25) is 5.02 Å². The Morgan fingerprint density at radius 3 is 2.59 bits per heavy atom. The maximum absolute atomic E-state index is 6.25. The van der Waals surface area contributed by atoms with Crippen LogP contribution >= 0.6 is 35.6 Å². The fraction of sp³-hybridized carbons (Fsp3) is 0.650. The van der Waals surface area contributed by atoms with Crippen molar-refractivity contribution in [3.05, 3.63) is 34.9 Å². The third-order valence-electron chi connectivity index (χ3n) is 5.00.